The summed E-state index contributed by atoms with van der Waals surface area (Å²) in [5, 5.41) is 13.8. The summed E-state index contributed by atoms with van der Waals surface area (Å²) >= 11 is 0. The maximum atomic E-state index is 5.09. The van der Waals surface area contributed by atoms with Gasteiger partial charge in [0, 0.05) is 16.5 Å². The van der Waals surface area contributed by atoms with Gasteiger partial charge in [0.05, 0.1) is 11.2 Å². The minimum Gasteiger partial charge on any atom is -0.228 e. The van der Waals surface area contributed by atoms with Gasteiger partial charge < -0.3 is 0 Å². The third kappa shape index (κ3) is 4.13. The summed E-state index contributed by atoms with van der Waals surface area (Å²) in [7, 11) is 0. The second-order valence-electron chi connectivity index (χ2n) is 12.5. The summed E-state index contributed by atoms with van der Waals surface area (Å²) in [5.74, 6) is 0.729. The van der Waals surface area contributed by atoms with E-state index in [1.54, 1.807) is 0 Å². The lowest BCUT2D eigenvalue weighted by atomic mass is 9.89. The van der Waals surface area contributed by atoms with Gasteiger partial charge in [0.1, 0.15) is 0 Å². The Labute approximate surface area is 277 Å². The first-order chi connectivity index (χ1) is 23.8. The molecule has 2 heteroatoms. The monoisotopic (exact) mass is 608 g/mol. The van der Waals surface area contributed by atoms with Crippen molar-refractivity contribution in [3.05, 3.63) is 170 Å². The molecule has 0 aliphatic carbocycles. The summed E-state index contributed by atoms with van der Waals surface area (Å²) in [5.41, 5.74) is 6.31. The van der Waals surface area contributed by atoms with Crippen LogP contribution in [0.2, 0.25) is 0 Å². The maximum Gasteiger partial charge on any atom is 0.160 e. The van der Waals surface area contributed by atoms with Gasteiger partial charge in [0.15, 0.2) is 5.82 Å². The second-order valence-corrected chi connectivity index (χ2v) is 12.5. The van der Waals surface area contributed by atoms with Crippen LogP contribution < -0.4 is 0 Å². The molecule has 0 amide bonds. The van der Waals surface area contributed by atoms with E-state index in [9.17, 15) is 0 Å². The van der Waals surface area contributed by atoms with Gasteiger partial charge >= 0.3 is 0 Å². The zero-order valence-corrected chi connectivity index (χ0v) is 26.1. The average molecular weight is 609 g/mol. The molecule has 1 heterocycles. The first-order valence-corrected chi connectivity index (χ1v) is 16.4. The third-order valence-electron chi connectivity index (χ3n) is 9.83. The van der Waals surface area contributed by atoms with E-state index in [0.717, 1.165) is 39.1 Å². The Kier molecular flexibility index (Phi) is 5.91. The molecule has 0 N–H and O–H groups in total. The van der Waals surface area contributed by atoms with Gasteiger partial charge in [-0.3, -0.25) is 0 Å². The maximum absolute atomic E-state index is 5.09. The highest BCUT2D eigenvalue weighted by Crippen LogP contribution is 2.41. The number of para-hydroxylation sites is 1. The number of hydrogen-bond acceptors (Lipinski definition) is 2. The highest BCUT2D eigenvalue weighted by Gasteiger charge is 2.14. The molecule has 0 unspecified atom stereocenters. The van der Waals surface area contributed by atoms with Crippen molar-refractivity contribution in [3.8, 4) is 33.8 Å². The second kappa shape index (κ2) is 10.6. The van der Waals surface area contributed by atoms with E-state index in [0.29, 0.717) is 0 Å². The summed E-state index contributed by atoms with van der Waals surface area (Å²) in [6.07, 6.45) is 0. The van der Waals surface area contributed by atoms with Crippen LogP contribution in [0.1, 0.15) is 0 Å². The Morgan fingerprint density at radius 3 is 1.54 bits per heavy atom. The van der Waals surface area contributed by atoms with Crippen LogP contribution in [0.3, 0.4) is 0 Å². The summed E-state index contributed by atoms with van der Waals surface area (Å²) in [4.78, 5) is 10.1. The van der Waals surface area contributed by atoms with E-state index in [-0.39, 0.29) is 0 Å². The molecule has 9 aromatic carbocycles. The number of nitrogens with zero attached hydrogens (tertiary/aromatic N) is 2. The fraction of sp³-hybridized carbons (Fsp3) is 0. The normalized spacial score (nSPS) is 11.8. The van der Waals surface area contributed by atoms with E-state index in [4.69, 9.17) is 9.97 Å². The Morgan fingerprint density at radius 1 is 0.292 bits per heavy atom. The Morgan fingerprint density at radius 2 is 0.833 bits per heavy atom. The van der Waals surface area contributed by atoms with Crippen molar-refractivity contribution in [3.63, 3.8) is 0 Å². The van der Waals surface area contributed by atoms with Crippen molar-refractivity contribution >= 4 is 64.8 Å². The molecular formula is C46H28N2. The van der Waals surface area contributed by atoms with Crippen LogP contribution >= 0.6 is 0 Å². The van der Waals surface area contributed by atoms with Crippen LogP contribution in [0.4, 0.5) is 0 Å². The molecule has 0 fully saturated rings. The first kappa shape index (κ1) is 26.8. The molecule has 0 spiro atoms. The minimum atomic E-state index is 0.729. The smallest absolute Gasteiger partial charge is 0.160 e. The van der Waals surface area contributed by atoms with Gasteiger partial charge in [0.25, 0.3) is 0 Å². The van der Waals surface area contributed by atoms with Crippen LogP contribution in [0, 0.1) is 0 Å². The molecule has 0 aliphatic heterocycles. The molecule has 1 aromatic heterocycles. The summed E-state index contributed by atoms with van der Waals surface area (Å²) in [6, 6.07) is 61.1. The van der Waals surface area contributed by atoms with E-state index >= 15 is 0 Å². The molecule has 2 nitrogen and oxygen atoms in total. The lowest BCUT2D eigenvalue weighted by Gasteiger charge is -2.14. The molecule has 0 bridgehead atoms. The lowest BCUT2D eigenvalue weighted by Crippen LogP contribution is -1.95. The quantitative estimate of drug-likeness (QED) is 0.187. The number of rotatable bonds is 3. The van der Waals surface area contributed by atoms with Gasteiger partial charge in [0.2, 0.25) is 0 Å². The fourth-order valence-electron chi connectivity index (χ4n) is 7.57. The molecule has 10 rings (SSSR count). The number of aromatic nitrogens is 2. The topological polar surface area (TPSA) is 25.8 Å². The largest absolute Gasteiger partial charge is 0.228 e. The molecule has 0 radical (unpaired) electrons. The van der Waals surface area contributed by atoms with E-state index in [1.807, 2.05) is 18.2 Å². The molecule has 10 aromatic rings. The van der Waals surface area contributed by atoms with E-state index < -0.39 is 0 Å². The SMILES string of the molecule is c1ccc(-c2nc(-c3ccc(-c4ccc5c(c4)c4ccccc4c4cccc6ccc7cccc5c7c64)cc3)nc3ccccc23)cc1. The van der Waals surface area contributed by atoms with E-state index in [1.165, 1.54) is 59.4 Å². The Balaban J connectivity index is 1.17. The van der Waals surface area contributed by atoms with Crippen LogP contribution in [-0.2, 0) is 0 Å². The highest BCUT2D eigenvalue weighted by molar-refractivity contribution is 6.32. The minimum absolute atomic E-state index is 0.729. The molecule has 0 atom stereocenters. The molecule has 0 saturated heterocycles. The van der Waals surface area contributed by atoms with Crippen LogP contribution in [0.15, 0.2) is 170 Å². The molecule has 0 saturated carbocycles. The lowest BCUT2D eigenvalue weighted by molar-refractivity contribution is 1.23. The fourth-order valence-corrected chi connectivity index (χ4v) is 7.57. The van der Waals surface area contributed by atoms with Gasteiger partial charge in [-0.25, -0.2) is 9.97 Å². The zero-order valence-electron chi connectivity index (χ0n) is 26.1. The average Bonchev–Trinajstić information content (AvgIpc) is 3.16. The highest BCUT2D eigenvalue weighted by atomic mass is 14.9. The Bertz CT molecular complexity index is 2870. The standard InChI is InChI=1S/C46H28N2/c1-2-10-32(11-3-1)45-40-16-6-7-19-42(40)47-46(48-45)33-24-20-29(21-25-33)34-26-27-37-39-18-9-13-31-23-22-30-12-8-17-38(43(30)44(31)39)35-14-4-5-15-36(35)41(37)28-34/h1-28H. The third-order valence-corrected chi connectivity index (χ3v) is 9.83. The van der Waals surface area contributed by atoms with E-state index in [2.05, 4.69) is 152 Å². The summed E-state index contributed by atoms with van der Waals surface area (Å²) < 4.78 is 0. The van der Waals surface area contributed by atoms with Crippen LogP contribution in [0.5, 0.6) is 0 Å². The van der Waals surface area contributed by atoms with Crippen LogP contribution in [0.25, 0.3) is 98.5 Å². The summed E-state index contributed by atoms with van der Waals surface area (Å²) in [6.45, 7) is 0. The number of benzene rings is 8. The first-order valence-electron chi connectivity index (χ1n) is 16.4. The molecule has 222 valence electrons. The van der Waals surface area contributed by atoms with Gasteiger partial charge in [-0.05, 0) is 77.1 Å². The van der Waals surface area contributed by atoms with Crippen LogP contribution in [-0.4, -0.2) is 9.97 Å². The number of fused-ring (bicyclic) bond motifs is 6. The van der Waals surface area contributed by atoms with Gasteiger partial charge in [-0.2, -0.15) is 0 Å². The van der Waals surface area contributed by atoms with Gasteiger partial charge in [-0.1, -0.05) is 158 Å². The Hall–Kier alpha value is -6.38. The van der Waals surface area contributed by atoms with Crippen molar-refractivity contribution < 1.29 is 0 Å². The molecule has 0 aliphatic rings. The number of hydrogen-bond donors (Lipinski definition) is 0. The van der Waals surface area contributed by atoms with Crippen molar-refractivity contribution in [2.75, 3.05) is 0 Å². The van der Waals surface area contributed by atoms with Crippen molar-refractivity contribution in [1.29, 1.82) is 0 Å². The predicted octanol–water partition coefficient (Wildman–Crippen LogP) is 12.4. The predicted molar refractivity (Wildman–Crippen MR) is 203 cm³/mol. The van der Waals surface area contributed by atoms with Gasteiger partial charge in [-0.15, -0.1) is 0 Å². The molecular weight excluding hydrogens is 581 g/mol. The molecule has 48 heavy (non-hydrogen) atoms. The zero-order chi connectivity index (χ0) is 31.6. The van der Waals surface area contributed by atoms with Crippen molar-refractivity contribution in [1.82, 2.24) is 9.97 Å². The van der Waals surface area contributed by atoms with Crippen molar-refractivity contribution in [2.24, 2.45) is 0 Å². The van der Waals surface area contributed by atoms with Crippen molar-refractivity contribution in [2.45, 2.75) is 0 Å².